The van der Waals surface area contributed by atoms with Gasteiger partial charge in [0.15, 0.2) is 5.75 Å². The second-order valence-electron chi connectivity index (χ2n) is 4.98. The average molecular weight is 339 g/mol. The van der Waals surface area contributed by atoms with Crippen LogP contribution in [0.3, 0.4) is 0 Å². The van der Waals surface area contributed by atoms with E-state index in [4.69, 9.17) is 15.6 Å². The van der Waals surface area contributed by atoms with Crippen molar-refractivity contribution in [3.05, 3.63) is 69.8 Å². The van der Waals surface area contributed by atoms with Crippen LogP contribution in [0.1, 0.15) is 11.1 Å². The lowest BCUT2D eigenvalue weighted by Gasteiger charge is -2.10. The molecule has 0 amide bonds. The Kier molecular flexibility index (Phi) is 7.47. The van der Waals surface area contributed by atoms with Crippen LogP contribution in [-0.4, -0.2) is 22.7 Å². The molecule has 1 atom stereocenters. The van der Waals surface area contributed by atoms with Gasteiger partial charge in [-0.05, 0) is 23.6 Å². The fourth-order valence-electron chi connectivity index (χ4n) is 2.06. The minimum absolute atomic E-state index is 0. The zero-order valence-electron chi connectivity index (χ0n) is 12.4. The van der Waals surface area contributed by atoms with E-state index in [1.807, 2.05) is 30.3 Å². The van der Waals surface area contributed by atoms with E-state index < -0.39 is 11.0 Å². The van der Waals surface area contributed by atoms with Crippen molar-refractivity contribution in [3.63, 3.8) is 0 Å². The van der Waals surface area contributed by atoms with E-state index in [-0.39, 0.29) is 37.1 Å². The van der Waals surface area contributed by atoms with Crippen LogP contribution in [0.2, 0.25) is 0 Å². The fraction of sp³-hybridized carbons (Fsp3) is 0.250. The van der Waals surface area contributed by atoms with Crippen LogP contribution >= 0.6 is 12.4 Å². The van der Waals surface area contributed by atoms with Gasteiger partial charge in [0.1, 0.15) is 6.61 Å². The molecule has 2 rings (SSSR count). The number of hydrogen-bond donors (Lipinski definition) is 2. The summed E-state index contributed by atoms with van der Waals surface area (Å²) in [5.74, 6) is 0.218. The summed E-state index contributed by atoms with van der Waals surface area (Å²) in [6.45, 7) is 0.0945. The molecule has 3 N–H and O–H groups in total. The quantitative estimate of drug-likeness (QED) is 0.597. The predicted octanol–water partition coefficient (Wildman–Crippen LogP) is 2.46. The zero-order valence-corrected chi connectivity index (χ0v) is 13.2. The molecule has 0 saturated heterocycles. The van der Waals surface area contributed by atoms with Crippen LogP contribution in [0, 0.1) is 10.1 Å². The molecule has 2 aromatic carbocycles. The molecular formula is C16H19ClN2O4. The van der Waals surface area contributed by atoms with Crippen LogP contribution in [-0.2, 0) is 13.0 Å². The average Bonchev–Trinajstić information content (AvgIpc) is 2.54. The van der Waals surface area contributed by atoms with E-state index in [0.717, 1.165) is 5.56 Å². The maximum Gasteiger partial charge on any atom is 0.311 e. The maximum absolute atomic E-state index is 11.2. The van der Waals surface area contributed by atoms with Gasteiger partial charge < -0.3 is 15.6 Å². The zero-order chi connectivity index (χ0) is 15.9. The summed E-state index contributed by atoms with van der Waals surface area (Å²) in [5, 5.41) is 20.1. The second-order valence-corrected chi connectivity index (χ2v) is 4.98. The third-order valence-electron chi connectivity index (χ3n) is 3.19. The fourth-order valence-corrected chi connectivity index (χ4v) is 2.06. The molecule has 124 valence electrons. The molecule has 0 radical (unpaired) electrons. The molecule has 0 aromatic heterocycles. The lowest BCUT2D eigenvalue weighted by molar-refractivity contribution is -0.386. The highest BCUT2D eigenvalue weighted by Gasteiger charge is 2.17. The molecule has 2 aromatic rings. The Hall–Kier alpha value is -2.15. The molecule has 23 heavy (non-hydrogen) atoms. The molecule has 0 bridgehead atoms. The lowest BCUT2D eigenvalue weighted by Crippen LogP contribution is -2.26. The number of aliphatic hydroxyl groups excluding tert-OH is 1. The molecule has 0 spiro atoms. The van der Waals surface area contributed by atoms with Crippen LogP contribution in [0.15, 0.2) is 48.5 Å². The summed E-state index contributed by atoms with van der Waals surface area (Å²) < 4.78 is 5.55. The van der Waals surface area contributed by atoms with Crippen LogP contribution in [0.5, 0.6) is 5.75 Å². The Morgan fingerprint density at radius 2 is 1.87 bits per heavy atom. The van der Waals surface area contributed by atoms with Gasteiger partial charge in [-0.2, -0.15) is 0 Å². The highest BCUT2D eigenvalue weighted by atomic mass is 35.5. The number of nitro benzene ring substituents is 1. The van der Waals surface area contributed by atoms with Crippen LogP contribution in [0.4, 0.5) is 5.69 Å². The minimum Gasteiger partial charge on any atom is -0.482 e. The minimum atomic E-state index is -0.478. The third-order valence-corrected chi connectivity index (χ3v) is 3.19. The van der Waals surface area contributed by atoms with E-state index in [1.54, 1.807) is 12.1 Å². The topological polar surface area (TPSA) is 98.6 Å². The third kappa shape index (κ3) is 5.52. The summed E-state index contributed by atoms with van der Waals surface area (Å²) in [6.07, 6.45) is 0.371. The first-order valence-electron chi connectivity index (χ1n) is 6.90. The number of nitrogens with zero attached hydrogens (tertiary/aromatic N) is 1. The van der Waals surface area contributed by atoms with Gasteiger partial charge in [-0.3, -0.25) is 10.1 Å². The number of benzene rings is 2. The van der Waals surface area contributed by atoms with Gasteiger partial charge in [-0.15, -0.1) is 12.4 Å². The van der Waals surface area contributed by atoms with Gasteiger partial charge in [-0.1, -0.05) is 36.4 Å². The Morgan fingerprint density at radius 3 is 2.48 bits per heavy atom. The van der Waals surface area contributed by atoms with E-state index in [0.29, 0.717) is 12.0 Å². The van der Waals surface area contributed by atoms with E-state index in [1.165, 1.54) is 6.07 Å². The number of nitrogens with two attached hydrogens (primary N) is 1. The molecular weight excluding hydrogens is 320 g/mol. The van der Waals surface area contributed by atoms with Crippen molar-refractivity contribution >= 4 is 18.1 Å². The number of aliphatic hydroxyl groups is 1. The summed E-state index contributed by atoms with van der Waals surface area (Å²) in [7, 11) is 0. The first-order chi connectivity index (χ1) is 10.6. The molecule has 6 nitrogen and oxygen atoms in total. The molecule has 0 aliphatic heterocycles. The first kappa shape index (κ1) is 18.9. The van der Waals surface area contributed by atoms with Gasteiger partial charge in [0.2, 0.25) is 0 Å². The van der Waals surface area contributed by atoms with Gasteiger partial charge in [0, 0.05) is 12.1 Å². The van der Waals surface area contributed by atoms with Crippen molar-refractivity contribution in [2.75, 3.05) is 6.61 Å². The van der Waals surface area contributed by atoms with Crippen molar-refractivity contribution in [2.24, 2.45) is 5.73 Å². The van der Waals surface area contributed by atoms with Gasteiger partial charge in [0.05, 0.1) is 11.5 Å². The predicted molar refractivity (Wildman–Crippen MR) is 89.9 cm³/mol. The van der Waals surface area contributed by atoms with Gasteiger partial charge in [0.25, 0.3) is 0 Å². The number of rotatable bonds is 7. The molecule has 0 aliphatic rings. The van der Waals surface area contributed by atoms with Crippen molar-refractivity contribution in [1.82, 2.24) is 0 Å². The summed E-state index contributed by atoms with van der Waals surface area (Å²) in [6, 6.07) is 13.7. The Labute approximate surface area is 140 Å². The van der Waals surface area contributed by atoms with Crippen molar-refractivity contribution < 1.29 is 14.8 Å². The van der Waals surface area contributed by atoms with Crippen LogP contribution < -0.4 is 10.5 Å². The SMILES string of the molecule is Cl.NC(CO)Cc1ccc(OCc2ccccc2)c([N+](=O)[O-])c1. The number of hydrogen-bond acceptors (Lipinski definition) is 5. The molecule has 0 fully saturated rings. The molecule has 7 heteroatoms. The number of nitro groups is 1. The molecule has 0 saturated carbocycles. The Balaban J connectivity index is 0.00000264. The van der Waals surface area contributed by atoms with E-state index in [9.17, 15) is 10.1 Å². The molecule has 1 unspecified atom stereocenters. The van der Waals surface area contributed by atoms with E-state index in [2.05, 4.69) is 0 Å². The standard InChI is InChI=1S/C16H18N2O4.ClH/c17-14(10-19)8-13-6-7-16(15(9-13)18(20)21)22-11-12-4-2-1-3-5-12;/h1-7,9,14,19H,8,10-11,17H2;1H. The largest absolute Gasteiger partial charge is 0.482 e. The van der Waals surface area contributed by atoms with Crippen molar-refractivity contribution in [3.8, 4) is 5.75 Å². The number of halogens is 1. The van der Waals surface area contributed by atoms with Crippen LogP contribution in [0.25, 0.3) is 0 Å². The normalized spacial score (nSPS) is 11.4. The summed E-state index contributed by atoms with van der Waals surface area (Å²) >= 11 is 0. The Morgan fingerprint density at radius 1 is 1.17 bits per heavy atom. The maximum atomic E-state index is 11.2. The van der Waals surface area contributed by atoms with Crippen molar-refractivity contribution in [2.45, 2.75) is 19.1 Å². The monoisotopic (exact) mass is 338 g/mol. The van der Waals surface area contributed by atoms with Gasteiger partial charge >= 0.3 is 5.69 Å². The van der Waals surface area contributed by atoms with Gasteiger partial charge in [-0.25, -0.2) is 0 Å². The highest BCUT2D eigenvalue weighted by molar-refractivity contribution is 5.85. The molecule has 0 aliphatic carbocycles. The first-order valence-corrected chi connectivity index (χ1v) is 6.90. The lowest BCUT2D eigenvalue weighted by atomic mass is 10.1. The summed E-state index contributed by atoms with van der Waals surface area (Å²) in [5.41, 5.74) is 7.18. The Bertz CT molecular complexity index is 637. The summed E-state index contributed by atoms with van der Waals surface area (Å²) in [4.78, 5) is 10.7. The molecule has 0 heterocycles. The van der Waals surface area contributed by atoms with E-state index >= 15 is 0 Å². The second kappa shape index (κ2) is 9.09. The van der Waals surface area contributed by atoms with Crippen molar-refractivity contribution in [1.29, 1.82) is 0 Å². The number of ether oxygens (including phenoxy) is 1. The smallest absolute Gasteiger partial charge is 0.311 e. The highest BCUT2D eigenvalue weighted by Crippen LogP contribution is 2.29.